The number of azo groups is 1. The summed E-state index contributed by atoms with van der Waals surface area (Å²) in [6.45, 7) is 25.2. The molecule has 63 heavy (non-hydrogen) atoms. The van der Waals surface area contributed by atoms with Crippen molar-refractivity contribution < 1.29 is 27.9 Å². The van der Waals surface area contributed by atoms with Crippen LogP contribution in [0.3, 0.4) is 0 Å². The van der Waals surface area contributed by atoms with Crippen LogP contribution in [0.2, 0.25) is 0 Å². The lowest BCUT2D eigenvalue weighted by Crippen LogP contribution is -2.41. The zero-order valence-corrected chi connectivity index (χ0v) is 42.8. The van der Waals surface area contributed by atoms with Gasteiger partial charge in [-0.2, -0.15) is 40.2 Å². The van der Waals surface area contributed by atoms with Gasteiger partial charge >= 0.3 is 21.1 Å². The van der Waals surface area contributed by atoms with Gasteiger partial charge < -0.3 is 27.9 Å². The Hall–Kier alpha value is -3.33. The molecule has 0 saturated carbocycles. The van der Waals surface area contributed by atoms with Gasteiger partial charge in [0.25, 0.3) is 0 Å². The summed E-state index contributed by atoms with van der Waals surface area (Å²) in [6, 6.07) is 23.7. The highest BCUT2D eigenvalue weighted by molar-refractivity contribution is 9.11. The number of nitrogens with zero attached hydrogens (tertiary/aromatic N) is 8. The molecule has 9 rings (SSSR count). The molecule has 2 aromatic heterocycles. The molecule has 14 nitrogen and oxygen atoms in total. The molecule has 4 aliphatic rings. The van der Waals surface area contributed by atoms with E-state index >= 15 is 0 Å². The second-order valence-corrected chi connectivity index (χ2v) is 20.6. The summed E-state index contributed by atoms with van der Waals surface area (Å²) in [5, 5.41) is 23.4. The van der Waals surface area contributed by atoms with Crippen LogP contribution in [0.15, 0.2) is 134 Å². The van der Waals surface area contributed by atoms with Crippen LogP contribution < -0.4 is 5.46 Å². The van der Waals surface area contributed by atoms with Crippen LogP contribution in [0.1, 0.15) is 83.1 Å². The highest BCUT2D eigenvalue weighted by Crippen LogP contribution is 2.43. The van der Waals surface area contributed by atoms with E-state index in [-0.39, 0.29) is 40.7 Å². The average Bonchev–Trinajstić information content (AvgIpc) is 4.06. The van der Waals surface area contributed by atoms with Gasteiger partial charge in [0.1, 0.15) is 0 Å². The molecular weight excluding hydrogens is 997 g/mol. The minimum atomic E-state index is -0.476. The van der Waals surface area contributed by atoms with E-state index < -0.39 is 14.0 Å². The Morgan fingerprint density at radius 2 is 0.841 bits per heavy atom. The fraction of sp³-hybridized carbons (Fsp3) is 0.442. The summed E-state index contributed by atoms with van der Waals surface area (Å²) in [4.78, 5) is 3.15. The largest absolute Gasteiger partial charge is 0.494 e. The van der Waals surface area contributed by atoms with E-state index in [1.54, 1.807) is 40.6 Å². The van der Waals surface area contributed by atoms with E-state index in [2.05, 4.69) is 78.4 Å². The molecule has 3 fully saturated rings. The third-order valence-electron chi connectivity index (χ3n) is 11.5. The number of aromatic nitrogens is 6. The molecule has 0 atom stereocenters. The Balaban J connectivity index is 0.000000159. The van der Waals surface area contributed by atoms with Gasteiger partial charge in [0, 0.05) is 19.6 Å². The molecule has 0 aliphatic carbocycles. The van der Waals surface area contributed by atoms with Crippen molar-refractivity contribution in [2.75, 3.05) is 6.54 Å². The van der Waals surface area contributed by atoms with Crippen molar-refractivity contribution in [3.05, 3.63) is 123 Å². The van der Waals surface area contributed by atoms with Crippen LogP contribution in [0.5, 0.6) is 0 Å². The van der Waals surface area contributed by atoms with E-state index in [0.29, 0.717) is 0 Å². The van der Waals surface area contributed by atoms with Crippen molar-refractivity contribution in [2.45, 2.75) is 117 Å². The first-order valence-electron chi connectivity index (χ1n) is 20.5. The first-order chi connectivity index (χ1) is 29.4. The molecule has 0 radical (unpaired) electrons. The number of benzene rings is 3. The summed E-state index contributed by atoms with van der Waals surface area (Å²) in [6.07, 6.45) is 10.2. The van der Waals surface area contributed by atoms with Crippen LogP contribution >= 0.6 is 47.8 Å². The second-order valence-electron chi connectivity index (χ2n) is 17.8. The van der Waals surface area contributed by atoms with Gasteiger partial charge in [-0.15, -0.1) is 0 Å². The van der Waals surface area contributed by atoms with Crippen molar-refractivity contribution in [3.8, 4) is 11.4 Å². The molecule has 0 bridgehead atoms. The monoisotopic (exact) mass is 1050 g/mol. The molecule has 4 aliphatic heterocycles. The van der Waals surface area contributed by atoms with Crippen LogP contribution in [-0.4, -0.2) is 91.3 Å². The van der Waals surface area contributed by atoms with Gasteiger partial charge in [-0.05, 0) is 143 Å². The molecule has 0 spiro atoms. The molecule has 334 valence electrons. The van der Waals surface area contributed by atoms with Gasteiger partial charge in [0.05, 0.1) is 76.3 Å². The van der Waals surface area contributed by atoms with Crippen molar-refractivity contribution in [2.24, 2.45) is 10.2 Å². The molecule has 6 heterocycles. The van der Waals surface area contributed by atoms with E-state index in [1.165, 1.54) is 0 Å². The summed E-state index contributed by atoms with van der Waals surface area (Å²) < 4.78 is 39.2. The summed E-state index contributed by atoms with van der Waals surface area (Å²) >= 11 is 10.0. The Morgan fingerprint density at radius 3 is 1.17 bits per heavy atom. The summed E-state index contributed by atoms with van der Waals surface area (Å²) in [5.74, 6) is 0. The van der Waals surface area contributed by atoms with E-state index in [1.807, 2.05) is 162 Å². The maximum absolute atomic E-state index is 6.05. The molecule has 0 unspecified atom stereocenters. The predicted molar refractivity (Wildman–Crippen MR) is 259 cm³/mol. The van der Waals surface area contributed by atoms with Crippen LogP contribution in [0.25, 0.3) is 11.4 Å². The smallest absolute Gasteiger partial charge is 0.405 e. The standard InChI is InChI=1S/C14H18BN3O2.C12H24B2O4.C8H6BrN3.C6H4Br2.C3H4N2/c1-13(2)14(3,4)20-15(19-13)11-6-5-7-12(10-11)18-16-8-9-17-18;1-9(2)10(3,4)16-13(15-9)14-17-11(5,6)12(7,8)18-14;9-7-2-1-3-8(6-7)12-10-4-5-11-12;7-5-2-1-3-6(8)4-5;1-2-4-5-3-1/h5-10H,1-4H3;1-8H3;1-6H;1-4H;1-2H,3H2. The van der Waals surface area contributed by atoms with Crippen molar-refractivity contribution >= 4 is 74.4 Å². The number of hydrogen-bond acceptors (Lipinski definition) is 12. The van der Waals surface area contributed by atoms with Gasteiger partial charge in [-0.25, -0.2) is 0 Å². The Labute approximate surface area is 398 Å². The summed E-state index contributed by atoms with van der Waals surface area (Å²) in [7, 11) is -1.32. The zero-order chi connectivity index (χ0) is 46.3. The van der Waals surface area contributed by atoms with Crippen LogP contribution in [-0.2, 0) is 27.9 Å². The summed E-state index contributed by atoms with van der Waals surface area (Å²) in [5.41, 5.74) is 0.704. The maximum Gasteiger partial charge on any atom is 0.494 e. The minimum Gasteiger partial charge on any atom is -0.405 e. The predicted octanol–water partition coefficient (Wildman–Crippen LogP) is 10.0. The van der Waals surface area contributed by atoms with E-state index in [4.69, 9.17) is 27.9 Å². The first-order valence-corrected chi connectivity index (χ1v) is 22.9. The molecule has 0 amide bonds. The van der Waals surface area contributed by atoms with Crippen LogP contribution in [0.4, 0.5) is 0 Å². The molecule has 3 aromatic carbocycles. The minimum absolute atomic E-state index is 0.336. The van der Waals surface area contributed by atoms with Gasteiger partial charge in [-0.1, -0.05) is 72.1 Å². The van der Waals surface area contributed by atoms with Crippen molar-refractivity contribution in [3.63, 3.8) is 0 Å². The van der Waals surface area contributed by atoms with E-state index in [9.17, 15) is 0 Å². The normalized spacial score (nSPS) is 20.1. The Kier molecular flexibility index (Phi) is 16.8. The second kappa shape index (κ2) is 20.9. The third-order valence-corrected chi connectivity index (χ3v) is 13.0. The van der Waals surface area contributed by atoms with Gasteiger partial charge in [-0.3, -0.25) is 0 Å². The Morgan fingerprint density at radius 1 is 0.476 bits per heavy atom. The van der Waals surface area contributed by atoms with Crippen molar-refractivity contribution in [1.29, 1.82) is 0 Å². The molecule has 0 N–H and O–H groups in total. The molecule has 20 heteroatoms. The van der Waals surface area contributed by atoms with Crippen LogP contribution in [0, 0.1) is 0 Å². The maximum atomic E-state index is 6.05. The lowest BCUT2D eigenvalue weighted by molar-refractivity contribution is 0.00578. The zero-order valence-electron chi connectivity index (χ0n) is 38.0. The van der Waals surface area contributed by atoms with Gasteiger partial charge in [0.15, 0.2) is 0 Å². The molecular formula is C43H56B3Br3N8O6. The highest BCUT2D eigenvalue weighted by atomic mass is 79.9. The lowest BCUT2D eigenvalue weighted by Gasteiger charge is -2.32. The number of halogens is 3. The van der Waals surface area contributed by atoms with E-state index in [0.717, 1.165) is 36.8 Å². The lowest BCUT2D eigenvalue weighted by atomic mass is 9.49. The first kappa shape index (κ1) is 50.7. The number of hydrogen-bond donors (Lipinski definition) is 0. The van der Waals surface area contributed by atoms with Gasteiger partial charge in [0.2, 0.25) is 0 Å². The van der Waals surface area contributed by atoms with Crippen molar-refractivity contribution in [1.82, 2.24) is 30.0 Å². The quantitative estimate of drug-likeness (QED) is 0.160. The average molecular weight is 1050 g/mol. The SMILES string of the molecule is Brc1cccc(-n2nccn2)c1.Brc1cccc(Br)c1.C1=CN=NC1.CC1(C)OB(B2OC(C)(C)C(C)(C)O2)OC1(C)C.CC1(C)OB(c2cccc(-n3nccn3)c2)OC1(C)C. The fourth-order valence-corrected chi connectivity index (χ4v) is 7.26. The Bertz CT molecular complexity index is 2190. The molecule has 3 saturated heterocycles. The number of rotatable bonds is 4. The fourth-order valence-electron chi connectivity index (χ4n) is 5.77. The highest BCUT2D eigenvalue weighted by Gasteiger charge is 2.63. The topological polar surface area (TPSA) is 142 Å². The molecule has 5 aromatic rings. The third kappa shape index (κ3) is 13.4.